The second-order valence-electron chi connectivity index (χ2n) is 2.97. The monoisotopic (exact) mass is 172 g/mol. The van der Waals surface area contributed by atoms with E-state index in [1.54, 1.807) is 0 Å². The van der Waals surface area contributed by atoms with Crippen molar-refractivity contribution in [3.63, 3.8) is 0 Å². The van der Waals surface area contributed by atoms with Gasteiger partial charge >= 0.3 is 0 Å². The zero-order chi connectivity index (χ0) is 9.40. The molecule has 0 fully saturated rings. The van der Waals surface area contributed by atoms with Crippen LogP contribution in [0, 0.1) is 5.92 Å². The minimum atomic E-state index is 0.113. The summed E-state index contributed by atoms with van der Waals surface area (Å²) in [7, 11) is 0. The molecular formula is C9H20N2O. The zero-order valence-electron chi connectivity index (χ0n) is 8.10. The van der Waals surface area contributed by atoms with E-state index in [9.17, 15) is 4.79 Å². The molecule has 0 radical (unpaired) electrons. The number of hydrogen-bond donors (Lipinski definition) is 2. The largest absolute Gasteiger partial charge is 0.356 e. The maximum absolute atomic E-state index is 11.4. The van der Waals surface area contributed by atoms with Crippen molar-refractivity contribution in [1.29, 1.82) is 0 Å². The summed E-state index contributed by atoms with van der Waals surface area (Å²) in [6, 6.07) is 0. The Bertz CT molecular complexity index is 126. The standard InChI is InChI=1S/C9H20N2O/c1-3-7-11-9(12)8(4-2)5-6-10/h8H,3-7,10H2,1-2H3,(H,11,12). The van der Waals surface area contributed by atoms with Crippen molar-refractivity contribution in [3.8, 4) is 0 Å². The molecule has 3 N–H and O–H groups in total. The van der Waals surface area contributed by atoms with Crippen molar-refractivity contribution in [1.82, 2.24) is 5.32 Å². The lowest BCUT2D eigenvalue weighted by Crippen LogP contribution is -2.32. The van der Waals surface area contributed by atoms with Gasteiger partial charge in [0.15, 0.2) is 0 Å². The van der Waals surface area contributed by atoms with Crippen molar-refractivity contribution < 1.29 is 4.79 Å². The van der Waals surface area contributed by atoms with Gasteiger partial charge in [0, 0.05) is 12.5 Å². The van der Waals surface area contributed by atoms with E-state index in [1.807, 2.05) is 13.8 Å². The Hall–Kier alpha value is -0.570. The predicted octanol–water partition coefficient (Wildman–Crippen LogP) is 0.888. The van der Waals surface area contributed by atoms with Crippen molar-refractivity contribution in [2.24, 2.45) is 11.7 Å². The van der Waals surface area contributed by atoms with Crippen LogP contribution >= 0.6 is 0 Å². The molecule has 3 nitrogen and oxygen atoms in total. The van der Waals surface area contributed by atoms with Crippen LogP contribution in [0.4, 0.5) is 0 Å². The molecule has 72 valence electrons. The van der Waals surface area contributed by atoms with Gasteiger partial charge in [-0.05, 0) is 25.8 Å². The van der Waals surface area contributed by atoms with E-state index in [4.69, 9.17) is 5.73 Å². The topological polar surface area (TPSA) is 55.1 Å². The van der Waals surface area contributed by atoms with E-state index in [-0.39, 0.29) is 11.8 Å². The highest BCUT2D eigenvalue weighted by atomic mass is 16.1. The third kappa shape index (κ3) is 4.34. The van der Waals surface area contributed by atoms with Gasteiger partial charge in [-0.25, -0.2) is 0 Å². The molecule has 0 rings (SSSR count). The van der Waals surface area contributed by atoms with E-state index in [1.165, 1.54) is 0 Å². The smallest absolute Gasteiger partial charge is 0.223 e. The van der Waals surface area contributed by atoms with Crippen molar-refractivity contribution >= 4 is 5.91 Å². The number of carbonyl (C=O) groups is 1. The lowest BCUT2D eigenvalue weighted by molar-refractivity contribution is -0.125. The molecule has 12 heavy (non-hydrogen) atoms. The Morgan fingerprint density at radius 1 is 1.50 bits per heavy atom. The molecule has 0 heterocycles. The van der Waals surface area contributed by atoms with E-state index in [2.05, 4.69) is 5.32 Å². The first-order valence-electron chi connectivity index (χ1n) is 4.74. The SMILES string of the molecule is CCCNC(=O)C(CC)CCN. The highest BCUT2D eigenvalue weighted by Gasteiger charge is 2.13. The van der Waals surface area contributed by atoms with Crippen molar-refractivity contribution in [3.05, 3.63) is 0 Å². The molecule has 0 aromatic rings. The Kier molecular flexibility index (Phi) is 6.76. The Morgan fingerprint density at radius 2 is 2.17 bits per heavy atom. The summed E-state index contributed by atoms with van der Waals surface area (Å²) in [5.41, 5.74) is 5.39. The average molecular weight is 172 g/mol. The number of amides is 1. The summed E-state index contributed by atoms with van der Waals surface area (Å²) in [6.07, 6.45) is 2.67. The molecule has 0 saturated carbocycles. The van der Waals surface area contributed by atoms with Crippen LogP contribution in [0.2, 0.25) is 0 Å². The molecule has 1 amide bonds. The first kappa shape index (κ1) is 11.4. The zero-order valence-corrected chi connectivity index (χ0v) is 8.10. The van der Waals surface area contributed by atoms with Crippen LogP contribution in [0.3, 0.4) is 0 Å². The third-order valence-electron chi connectivity index (χ3n) is 1.93. The summed E-state index contributed by atoms with van der Waals surface area (Å²) in [4.78, 5) is 11.4. The summed E-state index contributed by atoms with van der Waals surface area (Å²) in [5.74, 6) is 0.270. The van der Waals surface area contributed by atoms with E-state index < -0.39 is 0 Å². The summed E-state index contributed by atoms with van der Waals surface area (Å²) >= 11 is 0. The molecule has 0 aliphatic carbocycles. The minimum Gasteiger partial charge on any atom is -0.356 e. The third-order valence-corrected chi connectivity index (χ3v) is 1.93. The van der Waals surface area contributed by atoms with E-state index >= 15 is 0 Å². The van der Waals surface area contributed by atoms with Gasteiger partial charge in [-0.2, -0.15) is 0 Å². The van der Waals surface area contributed by atoms with Crippen LogP contribution in [0.5, 0.6) is 0 Å². The number of nitrogens with one attached hydrogen (secondary N) is 1. The van der Waals surface area contributed by atoms with Crippen LogP contribution in [0.25, 0.3) is 0 Å². The summed E-state index contributed by atoms with van der Waals surface area (Å²) in [6.45, 7) is 5.44. The molecule has 0 aliphatic rings. The average Bonchev–Trinajstić information content (AvgIpc) is 2.10. The molecule has 0 aliphatic heterocycles. The van der Waals surface area contributed by atoms with E-state index in [0.29, 0.717) is 6.54 Å². The fraction of sp³-hybridized carbons (Fsp3) is 0.889. The number of carbonyl (C=O) groups excluding carboxylic acids is 1. The van der Waals surface area contributed by atoms with Gasteiger partial charge in [0.2, 0.25) is 5.91 Å². The van der Waals surface area contributed by atoms with Crippen molar-refractivity contribution in [2.75, 3.05) is 13.1 Å². The highest BCUT2D eigenvalue weighted by molar-refractivity contribution is 5.78. The Morgan fingerprint density at radius 3 is 2.58 bits per heavy atom. The van der Waals surface area contributed by atoms with Gasteiger partial charge in [-0.1, -0.05) is 13.8 Å². The predicted molar refractivity (Wildman–Crippen MR) is 50.8 cm³/mol. The lowest BCUT2D eigenvalue weighted by Gasteiger charge is -2.12. The van der Waals surface area contributed by atoms with Crippen LogP contribution < -0.4 is 11.1 Å². The number of rotatable bonds is 6. The lowest BCUT2D eigenvalue weighted by atomic mass is 10.0. The van der Waals surface area contributed by atoms with Gasteiger partial charge in [0.25, 0.3) is 0 Å². The molecule has 0 spiro atoms. The molecule has 0 aromatic carbocycles. The number of nitrogens with two attached hydrogens (primary N) is 1. The maximum Gasteiger partial charge on any atom is 0.223 e. The normalized spacial score (nSPS) is 12.6. The molecule has 1 unspecified atom stereocenters. The summed E-state index contributed by atoms with van der Waals surface area (Å²) < 4.78 is 0. The molecule has 1 atom stereocenters. The van der Waals surface area contributed by atoms with Crippen LogP contribution in [-0.2, 0) is 4.79 Å². The second-order valence-corrected chi connectivity index (χ2v) is 2.97. The van der Waals surface area contributed by atoms with Crippen LogP contribution in [0.15, 0.2) is 0 Å². The van der Waals surface area contributed by atoms with Crippen LogP contribution in [0.1, 0.15) is 33.1 Å². The van der Waals surface area contributed by atoms with E-state index in [0.717, 1.165) is 25.8 Å². The molecule has 0 aromatic heterocycles. The Labute approximate surface area is 74.7 Å². The first-order chi connectivity index (χ1) is 5.76. The van der Waals surface area contributed by atoms with Gasteiger partial charge in [0.05, 0.1) is 0 Å². The maximum atomic E-state index is 11.4. The molecule has 0 bridgehead atoms. The Balaban J connectivity index is 3.69. The highest BCUT2D eigenvalue weighted by Crippen LogP contribution is 2.06. The van der Waals surface area contributed by atoms with Gasteiger partial charge in [-0.3, -0.25) is 4.79 Å². The molecule has 0 saturated heterocycles. The van der Waals surface area contributed by atoms with Gasteiger partial charge < -0.3 is 11.1 Å². The van der Waals surface area contributed by atoms with Crippen molar-refractivity contribution in [2.45, 2.75) is 33.1 Å². The summed E-state index contributed by atoms with van der Waals surface area (Å²) in [5, 5.41) is 2.87. The van der Waals surface area contributed by atoms with Gasteiger partial charge in [-0.15, -0.1) is 0 Å². The molecule has 3 heteroatoms. The van der Waals surface area contributed by atoms with Crippen LogP contribution in [-0.4, -0.2) is 19.0 Å². The second kappa shape index (κ2) is 7.10. The number of hydrogen-bond acceptors (Lipinski definition) is 2. The quantitative estimate of drug-likeness (QED) is 0.625. The first-order valence-corrected chi connectivity index (χ1v) is 4.74. The van der Waals surface area contributed by atoms with Gasteiger partial charge in [0.1, 0.15) is 0 Å². The molecular weight excluding hydrogens is 152 g/mol. The minimum absolute atomic E-state index is 0.113. The fourth-order valence-corrected chi connectivity index (χ4v) is 1.11. The fourth-order valence-electron chi connectivity index (χ4n) is 1.11.